The molecule has 3 fully saturated rings. The van der Waals surface area contributed by atoms with E-state index in [2.05, 4.69) is 0 Å². The van der Waals surface area contributed by atoms with E-state index in [4.69, 9.17) is 28.4 Å². The molecule has 1 spiro atoms. The van der Waals surface area contributed by atoms with Gasteiger partial charge in [0.25, 0.3) is 0 Å². The summed E-state index contributed by atoms with van der Waals surface area (Å²) in [7, 11) is 0. The highest BCUT2D eigenvalue weighted by atomic mass is 16.8. The van der Waals surface area contributed by atoms with Crippen LogP contribution in [0.25, 0.3) is 0 Å². The first-order chi connectivity index (χ1) is 15.0. The summed E-state index contributed by atoms with van der Waals surface area (Å²) in [6.07, 6.45) is -5.08. The van der Waals surface area contributed by atoms with Gasteiger partial charge in [0, 0.05) is 33.6 Å². The van der Waals surface area contributed by atoms with Crippen molar-refractivity contribution in [3.8, 4) is 0 Å². The Hall–Kier alpha value is -2.08. The van der Waals surface area contributed by atoms with Crippen LogP contribution in [0.1, 0.15) is 59.8 Å². The first-order valence-corrected chi connectivity index (χ1v) is 10.7. The van der Waals surface area contributed by atoms with Crippen LogP contribution in [-0.2, 0) is 47.6 Å². The fourth-order valence-electron chi connectivity index (χ4n) is 4.53. The Kier molecular flexibility index (Phi) is 7.53. The van der Waals surface area contributed by atoms with Crippen LogP contribution in [0.3, 0.4) is 0 Å². The number of hydrogen-bond acceptors (Lipinski definition) is 11. The molecule has 1 N–H and O–H groups in total. The number of carbonyl (C=O) groups excluding carboxylic acids is 4. The molecule has 0 radical (unpaired) electrons. The van der Waals surface area contributed by atoms with E-state index < -0.39 is 72.4 Å². The second-order valence-corrected chi connectivity index (χ2v) is 8.42. The number of Topliss-reactive ketones (excluding diaryl/α,β-unsaturated/α-hetero) is 1. The largest absolute Gasteiger partial charge is 0.456 e. The van der Waals surface area contributed by atoms with Gasteiger partial charge in [-0.2, -0.15) is 0 Å². The average molecular weight is 458 g/mol. The molecule has 0 aromatic heterocycles. The smallest absolute Gasteiger partial charge is 0.305 e. The van der Waals surface area contributed by atoms with Gasteiger partial charge in [-0.15, -0.1) is 0 Å². The van der Waals surface area contributed by atoms with E-state index >= 15 is 0 Å². The highest BCUT2D eigenvalue weighted by Gasteiger charge is 2.62. The van der Waals surface area contributed by atoms with E-state index in [1.165, 1.54) is 6.92 Å². The number of aliphatic hydroxyl groups excluding tert-OH is 1. The van der Waals surface area contributed by atoms with E-state index in [9.17, 15) is 24.3 Å². The van der Waals surface area contributed by atoms with Crippen molar-refractivity contribution in [1.29, 1.82) is 0 Å². The van der Waals surface area contributed by atoms with Crippen molar-refractivity contribution in [1.82, 2.24) is 0 Å². The molecule has 1 aliphatic carbocycles. The Morgan fingerprint density at radius 3 is 2.00 bits per heavy atom. The SMILES string of the molecule is CC(=O)O[C@H]1O[C@@H]([C@H](OC(C)=O)C(O)C(C)=O)[C@H]2OC3(CCCCC3)O[C@H]2[C@H]1OC(C)=O. The van der Waals surface area contributed by atoms with Gasteiger partial charge < -0.3 is 33.5 Å². The van der Waals surface area contributed by atoms with Crippen LogP contribution in [0, 0.1) is 0 Å². The van der Waals surface area contributed by atoms with Gasteiger partial charge in [0.05, 0.1) is 0 Å². The van der Waals surface area contributed by atoms with Crippen LogP contribution in [0.4, 0.5) is 0 Å². The van der Waals surface area contributed by atoms with Gasteiger partial charge >= 0.3 is 17.9 Å². The van der Waals surface area contributed by atoms with E-state index in [1.807, 2.05) is 0 Å². The quantitative estimate of drug-likeness (QED) is 0.440. The minimum absolute atomic E-state index is 0.575. The first-order valence-electron chi connectivity index (χ1n) is 10.7. The van der Waals surface area contributed by atoms with Crippen LogP contribution in [0.5, 0.6) is 0 Å². The van der Waals surface area contributed by atoms with Crippen molar-refractivity contribution in [3.05, 3.63) is 0 Å². The van der Waals surface area contributed by atoms with E-state index in [-0.39, 0.29) is 0 Å². The molecule has 11 heteroatoms. The molecule has 1 unspecified atom stereocenters. The fourth-order valence-corrected chi connectivity index (χ4v) is 4.53. The molecule has 3 aliphatic rings. The Morgan fingerprint density at radius 1 is 0.875 bits per heavy atom. The third kappa shape index (κ3) is 5.28. The fraction of sp³-hybridized carbons (Fsp3) is 0.810. The lowest BCUT2D eigenvalue weighted by atomic mass is 9.91. The topological polar surface area (TPSA) is 144 Å². The zero-order valence-electron chi connectivity index (χ0n) is 18.6. The lowest BCUT2D eigenvalue weighted by Crippen LogP contribution is -2.64. The number of rotatable bonds is 6. The Labute approximate surface area is 185 Å². The summed E-state index contributed by atoms with van der Waals surface area (Å²) in [4.78, 5) is 47.2. The maximum absolute atomic E-state index is 11.9. The van der Waals surface area contributed by atoms with Gasteiger partial charge in [-0.1, -0.05) is 6.42 Å². The number of fused-ring (bicyclic) bond motifs is 1. The lowest BCUT2D eigenvalue weighted by Gasteiger charge is -2.43. The molecule has 1 saturated carbocycles. The predicted octanol–water partition coefficient (Wildman–Crippen LogP) is 0.532. The predicted molar refractivity (Wildman–Crippen MR) is 104 cm³/mol. The molecule has 32 heavy (non-hydrogen) atoms. The van der Waals surface area contributed by atoms with E-state index in [0.717, 1.165) is 40.0 Å². The first kappa shape index (κ1) is 24.6. The van der Waals surface area contributed by atoms with E-state index in [1.54, 1.807) is 0 Å². The van der Waals surface area contributed by atoms with Crippen LogP contribution < -0.4 is 0 Å². The number of ketones is 1. The summed E-state index contributed by atoms with van der Waals surface area (Å²) in [6.45, 7) is 4.61. The van der Waals surface area contributed by atoms with Crippen LogP contribution >= 0.6 is 0 Å². The minimum Gasteiger partial charge on any atom is -0.456 e. The van der Waals surface area contributed by atoms with Crippen molar-refractivity contribution in [2.75, 3.05) is 0 Å². The lowest BCUT2D eigenvalue weighted by molar-refractivity contribution is -0.291. The van der Waals surface area contributed by atoms with Gasteiger partial charge in [-0.3, -0.25) is 19.2 Å². The number of aliphatic hydroxyl groups is 1. The molecule has 0 aromatic rings. The molecule has 0 amide bonds. The molecule has 2 saturated heterocycles. The maximum atomic E-state index is 11.9. The van der Waals surface area contributed by atoms with Crippen molar-refractivity contribution in [2.24, 2.45) is 0 Å². The minimum atomic E-state index is -1.72. The summed E-state index contributed by atoms with van der Waals surface area (Å²) < 4.78 is 34.3. The normalized spacial score (nSPS) is 33.0. The summed E-state index contributed by atoms with van der Waals surface area (Å²) in [5.41, 5.74) is 0. The summed E-state index contributed by atoms with van der Waals surface area (Å²) in [6, 6.07) is 0. The van der Waals surface area contributed by atoms with Crippen molar-refractivity contribution >= 4 is 23.7 Å². The van der Waals surface area contributed by atoms with Crippen LogP contribution in [-0.4, -0.2) is 77.5 Å². The number of esters is 3. The van der Waals surface area contributed by atoms with Gasteiger partial charge in [-0.25, -0.2) is 0 Å². The van der Waals surface area contributed by atoms with Gasteiger partial charge in [-0.05, 0) is 19.8 Å². The molecule has 180 valence electrons. The van der Waals surface area contributed by atoms with Crippen molar-refractivity contribution < 1.29 is 52.7 Å². The Balaban J connectivity index is 2.01. The highest BCUT2D eigenvalue weighted by Crippen LogP contribution is 2.46. The second kappa shape index (κ2) is 9.82. The van der Waals surface area contributed by atoms with Crippen molar-refractivity contribution in [3.63, 3.8) is 0 Å². The zero-order valence-corrected chi connectivity index (χ0v) is 18.6. The van der Waals surface area contributed by atoms with Gasteiger partial charge in [0.15, 0.2) is 29.9 Å². The maximum Gasteiger partial charge on any atom is 0.305 e. The third-order valence-corrected chi connectivity index (χ3v) is 5.79. The average Bonchev–Trinajstić information content (AvgIpc) is 3.05. The molecule has 2 aliphatic heterocycles. The van der Waals surface area contributed by atoms with Gasteiger partial charge in [0.2, 0.25) is 6.29 Å². The zero-order chi connectivity index (χ0) is 23.6. The molecule has 11 nitrogen and oxygen atoms in total. The van der Waals surface area contributed by atoms with Crippen LogP contribution in [0.15, 0.2) is 0 Å². The molecule has 0 aromatic carbocycles. The monoisotopic (exact) mass is 458 g/mol. The van der Waals surface area contributed by atoms with Crippen molar-refractivity contribution in [2.45, 2.75) is 108 Å². The Bertz CT molecular complexity index is 744. The standard InChI is InChI=1S/C21H30O11/c1-10(22)14(26)15(27-11(2)23)16-17-18(32-21(31-17)8-6-5-7-9-21)19(28-12(3)24)20(30-16)29-13(4)25/h14-20,26H,5-9H2,1-4H3/t14?,15-,16+,17-,18-,19-,20+/m1/s1. The second-order valence-electron chi connectivity index (χ2n) is 8.42. The molecule has 7 atom stereocenters. The Morgan fingerprint density at radius 2 is 1.47 bits per heavy atom. The molecular formula is C21H30O11. The molecular weight excluding hydrogens is 428 g/mol. The molecule has 3 rings (SSSR count). The van der Waals surface area contributed by atoms with Crippen LogP contribution in [0.2, 0.25) is 0 Å². The third-order valence-electron chi connectivity index (χ3n) is 5.79. The van der Waals surface area contributed by atoms with E-state index in [0.29, 0.717) is 12.8 Å². The molecule has 0 bridgehead atoms. The number of carbonyl (C=O) groups is 4. The summed E-state index contributed by atoms with van der Waals surface area (Å²) >= 11 is 0. The van der Waals surface area contributed by atoms with Gasteiger partial charge in [0.1, 0.15) is 18.3 Å². The summed E-state index contributed by atoms with van der Waals surface area (Å²) in [5, 5.41) is 10.5. The number of ether oxygens (including phenoxy) is 6. The highest BCUT2D eigenvalue weighted by molar-refractivity contribution is 5.81. The summed E-state index contributed by atoms with van der Waals surface area (Å²) in [5.74, 6) is -3.77. The number of hydrogen-bond donors (Lipinski definition) is 1. The molecule has 2 heterocycles.